The van der Waals surface area contributed by atoms with Crippen molar-refractivity contribution in [1.82, 2.24) is 0 Å². The molecule has 0 amide bonds. The van der Waals surface area contributed by atoms with Gasteiger partial charge in [-0.05, 0) is 43.5 Å². The largest absolute Gasteiger partial charge is 0.365 e. The van der Waals surface area contributed by atoms with Gasteiger partial charge in [0.05, 0.1) is 0 Å². The highest BCUT2D eigenvalue weighted by molar-refractivity contribution is 5.49. The molecule has 0 aliphatic heterocycles. The van der Waals surface area contributed by atoms with E-state index in [0.717, 1.165) is 13.0 Å². The summed E-state index contributed by atoms with van der Waals surface area (Å²) in [6, 6.07) is 19.9. The molecule has 0 fully saturated rings. The third kappa shape index (κ3) is 4.08. The van der Waals surface area contributed by atoms with Gasteiger partial charge in [0.1, 0.15) is 0 Å². The zero-order valence-corrected chi connectivity index (χ0v) is 13.3. The van der Waals surface area contributed by atoms with Crippen LogP contribution in [0.15, 0.2) is 54.6 Å². The molecule has 0 unspecified atom stereocenters. The molecule has 0 radical (unpaired) electrons. The van der Waals surface area contributed by atoms with Crippen LogP contribution < -0.4 is 10.6 Å². The van der Waals surface area contributed by atoms with Gasteiger partial charge in [-0.25, -0.2) is 0 Å². The highest BCUT2D eigenvalue weighted by atomic mass is 15.1. The van der Waals surface area contributed by atoms with Crippen molar-refractivity contribution < 1.29 is 0 Å². The molecule has 0 bridgehead atoms. The van der Waals surface area contributed by atoms with Crippen LogP contribution in [0.25, 0.3) is 0 Å². The molecule has 0 aliphatic rings. The molecule has 2 nitrogen and oxygen atoms in total. The van der Waals surface area contributed by atoms with Crippen LogP contribution in [-0.2, 0) is 6.54 Å². The minimum atomic E-state index is 0.140. The van der Waals surface area contributed by atoms with E-state index in [9.17, 15) is 0 Å². The van der Waals surface area contributed by atoms with E-state index in [4.69, 9.17) is 5.73 Å². The van der Waals surface area contributed by atoms with Crippen LogP contribution in [0.5, 0.6) is 0 Å². The Labute approximate surface area is 128 Å². The molecule has 2 heteroatoms. The first kappa shape index (κ1) is 15.6. The molecule has 2 N–H and O–H groups in total. The molecular weight excluding hydrogens is 256 g/mol. The average molecular weight is 282 g/mol. The Morgan fingerprint density at radius 1 is 0.952 bits per heavy atom. The Balaban J connectivity index is 2.18. The van der Waals surface area contributed by atoms with Gasteiger partial charge in [-0.2, -0.15) is 0 Å². The van der Waals surface area contributed by atoms with E-state index in [1.807, 2.05) is 0 Å². The molecule has 112 valence electrons. The number of hydrogen-bond acceptors (Lipinski definition) is 2. The number of anilines is 1. The summed E-state index contributed by atoms with van der Waals surface area (Å²) in [7, 11) is 0. The maximum absolute atomic E-state index is 6.09. The van der Waals surface area contributed by atoms with E-state index >= 15 is 0 Å². The molecule has 2 aromatic rings. The summed E-state index contributed by atoms with van der Waals surface area (Å²) in [6.07, 6.45) is 0.970. The lowest BCUT2D eigenvalue weighted by Crippen LogP contribution is -2.30. The van der Waals surface area contributed by atoms with Crippen molar-refractivity contribution in [1.29, 1.82) is 0 Å². The van der Waals surface area contributed by atoms with Crippen LogP contribution in [0.1, 0.15) is 44.4 Å². The zero-order chi connectivity index (χ0) is 15.2. The molecule has 0 aromatic heterocycles. The lowest BCUT2D eigenvalue weighted by atomic mass is 10.0. The van der Waals surface area contributed by atoms with Crippen molar-refractivity contribution in [2.75, 3.05) is 4.90 Å². The maximum Gasteiger partial charge on any atom is 0.0432 e. The average Bonchev–Trinajstić information content (AvgIpc) is 2.53. The summed E-state index contributed by atoms with van der Waals surface area (Å²) in [6.45, 7) is 7.51. The van der Waals surface area contributed by atoms with E-state index < -0.39 is 0 Å². The number of hydrogen-bond donors (Lipinski definition) is 1. The summed E-state index contributed by atoms with van der Waals surface area (Å²) in [5.74, 6) is 0. The minimum Gasteiger partial charge on any atom is -0.365 e. The van der Waals surface area contributed by atoms with Gasteiger partial charge >= 0.3 is 0 Å². The Morgan fingerprint density at radius 3 is 2.10 bits per heavy atom. The topological polar surface area (TPSA) is 29.3 Å². The molecular formula is C19H26N2. The lowest BCUT2D eigenvalue weighted by Gasteiger charge is -2.29. The molecule has 2 aromatic carbocycles. The predicted octanol–water partition coefficient (Wildman–Crippen LogP) is 4.51. The summed E-state index contributed by atoms with van der Waals surface area (Å²) in [5, 5.41) is 0. The van der Waals surface area contributed by atoms with Crippen LogP contribution in [0, 0.1) is 0 Å². The molecule has 0 heterocycles. The predicted molar refractivity (Wildman–Crippen MR) is 91.4 cm³/mol. The van der Waals surface area contributed by atoms with E-state index in [1.165, 1.54) is 16.8 Å². The van der Waals surface area contributed by atoms with Gasteiger partial charge in [0.2, 0.25) is 0 Å². The zero-order valence-electron chi connectivity index (χ0n) is 13.3. The van der Waals surface area contributed by atoms with Crippen LogP contribution in [0.2, 0.25) is 0 Å². The van der Waals surface area contributed by atoms with Gasteiger partial charge in [-0.3, -0.25) is 0 Å². The number of rotatable bonds is 6. The molecule has 0 spiro atoms. The monoisotopic (exact) mass is 282 g/mol. The first-order chi connectivity index (χ1) is 10.1. The van der Waals surface area contributed by atoms with Crippen LogP contribution >= 0.6 is 0 Å². The van der Waals surface area contributed by atoms with Gasteiger partial charge in [0.25, 0.3) is 0 Å². The second-order valence-corrected chi connectivity index (χ2v) is 5.81. The lowest BCUT2D eigenvalue weighted by molar-refractivity contribution is 0.679. The van der Waals surface area contributed by atoms with E-state index in [0.29, 0.717) is 6.04 Å². The molecule has 0 saturated carbocycles. The van der Waals surface area contributed by atoms with Crippen LogP contribution in [0.4, 0.5) is 5.69 Å². The maximum atomic E-state index is 6.09. The fraction of sp³-hybridized carbons (Fsp3) is 0.368. The van der Waals surface area contributed by atoms with Gasteiger partial charge in [-0.1, -0.05) is 49.4 Å². The van der Waals surface area contributed by atoms with E-state index in [-0.39, 0.29) is 6.04 Å². The molecule has 0 aliphatic carbocycles. The fourth-order valence-electron chi connectivity index (χ4n) is 2.50. The first-order valence-corrected chi connectivity index (χ1v) is 7.78. The van der Waals surface area contributed by atoms with Crippen molar-refractivity contribution in [3.8, 4) is 0 Å². The summed E-state index contributed by atoms with van der Waals surface area (Å²) in [4.78, 5) is 2.41. The van der Waals surface area contributed by atoms with Crippen LogP contribution in [0.3, 0.4) is 0 Å². The Hall–Kier alpha value is -1.80. The Morgan fingerprint density at radius 2 is 1.57 bits per heavy atom. The van der Waals surface area contributed by atoms with E-state index in [1.54, 1.807) is 0 Å². The standard InChI is InChI=1S/C19H26N2/c1-4-19(20)17-10-12-18(13-11-17)21(15(2)3)14-16-8-6-5-7-9-16/h5-13,15,19H,4,14,20H2,1-3H3/t19-/m0/s1. The van der Waals surface area contributed by atoms with Gasteiger partial charge in [0, 0.05) is 24.3 Å². The Kier molecular flexibility index (Phi) is 5.40. The third-order valence-corrected chi connectivity index (χ3v) is 3.91. The summed E-state index contributed by atoms with van der Waals surface area (Å²) in [5.41, 5.74) is 9.89. The Bertz CT molecular complexity index is 531. The number of nitrogens with two attached hydrogens (primary N) is 1. The molecule has 1 atom stereocenters. The summed E-state index contributed by atoms with van der Waals surface area (Å²) < 4.78 is 0. The summed E-state index contributed by atoms with van der Waals surface area (Å²) >= 11 is 0. The van der Waals surface area contributed by atoms with Crippen LogP contribution in [-0.4, -0.2) is 6.04 Å². The first-order valence-electron chi connectivity index (χ1n) is 7.78. The second kappa shape index (κ2) is 7.28. The van der Waals surface area contributed by atoms with Crippen molar-refractivity contribution in [2.24, 2.45) is 5.73 Å². The van der Waals surface area contributed by atoms with Gasteiger partial charge in [0.15, 0.2) is 0 Å². The van der Waals surface area contributed by atoms with Crippen molar-refractivity contribution in [3.05, 3.63) is 65.7 Å². The normalized spacial score (nSPS) is 12.4. The number of nitrogens with zero attached hydrogens (tertiary/aromatic N) is 1. The third-order valence-electron chi connectivity index (χ3n) is 3.91. The molecule has 2 rings (SSSR count). The molecule has 21 heavy (non-hydrogen) atoms. The second-order valence-electron chi connectivity index (χ2n) is 5.81. The fourth-order valence-corrected chi connectivity index (χ4v) is 2.50. The quantitative estimate of drug-likeness (QED) is 0.844. The van der Waals surface area contributed by atoms with Gasteiger partial charge < -0.3 is 10.6 Å². The van der Waals surface area contributed by atoms with Crippen molar-refractivity contribution in [2.45, 2.75) is 45.8 Å². The highest BCUT2D eigenvalue weighted by Gasteiger charge is 2.12. The van der Waals surface area contributed by atoms with Crippen molar-refractivity contribution in [3.63, 3.8) is 0 Å². The van der Waals surface area contributed by atoms with Gasteiger partial charge in [-0.15, -0.1) is 0 Å². The smallest absolute Gasteiger partial charge is 0.0432 e. The highest BCUT2D eigenvalue weighted by Crippen LogP contribution is 2.23. The molecule has 0 saturated heterocycles. The minimum absolute atomic E-state index is 0.140. The van der Waals surface area contributed by atoms with E-state index in [2.05, 4.69) is 80.3 Å². The SMILES string of the molecule is CC[C@H](N)c1ccc(N(Cc2ccccc2)C(C)C)cc1. The van der Waals surface area contributed by atoms with Crippen molar-refractivity contribution >= 4 is 5.69 Å². The number of benzene rings is 2.